The van der Waals surface area contributed by atoms with E-state index in [9.17, 15) is 19.7 Å². The van der Waals surface area contributed by atoms with E-state index in [0.29, 0.717) is 6.42 Å². The lowest BCUT2D eigenvalue weighted by molar-refractivity contribution is -0.384. The molecule has 1 saturated carbocycles. The molecule has 0 amide bonds. The third kappa shape index (κ3) is 2.48. The molecule has 23 heavy (non-hydrogen) atoms. The fraction of sp³-hybridized carbons (Fsp3) is 0.375. The monoisotopic (exact) mass is 317 g/mol. The number of non-ortho nitro benzene ring substituents is 1. The zero-order valence-electron chi connectivity index (χ0n) is 12.4. The topological polar surface area (TPSA) is 95.7 Å². The maximum atomic E-state index is 12.4. The number of rotatable bonds is 4. The maximum Gasteiger partial charge on any atom is 0.351 e. The highest BCUT2D eigenvalue weighted by Gasteiger charge is 2.57. The molecule has 0 aliphatic heterocycles. The van der Waals surface area contributed by atoms with Crippen molar-refractivity contribution in [3.05, 3.63) is 52.1 Å². The highest BCUT2D eigenvalue weighted by molar-refractivity contribution is 5.93. The predicted molar refractivity (Wildman–Crippen MR) is 78.6 cm³/mol. The Kier molecular flexibility index (Phi) is 3.63. The quantitative estimate of drug-likeness (QED) is 0.366. The van der Waals surface area contributed by atoms with Gasteiger partial charge in [-0.3, -0.25) is 10.1 Å². The molecule has 0 heterocycles. The Morgan fingerprint density at radius 1 is 1.26 bits per heavy atom. The zero-order valence-corrected chi connectivity index (χ0v) is 12.4. The van der Waals surface area contributed by atoms with Crippen molar-refractivity contribution in [3.63, 3.8) is 0 Å². The number of methoxy groups -OCH3 is 1. The Hall–Kier alpha value is -2.70. The van der Waals surface area contributed by atoms with Gasteiger partial charge in [0.15, 0.2) is 0 Å². The number of hydrogen-bond acceptors (Lipinski definition) is 6. The van der Waals surface area contributed by atoms with Crippen molar-refractivity contribution >= 4 is 17.6 Å². The van der Waals surface area contributed by atoms with Crippen LogP contribution in [0.5, 0.6) is 0 Å². The second kappa shape index (κ2) is 5.49. The van der Waals surface area contributed by atoms with E-state index in [4.69, 9.17) is 9.47 Å². The number of nitro benzene ring substituents is 1. The number of nitrogens with zero attached hydrogens (tertiary/aromatic N) is 1. The van der Waals surface area contributed by atoms with Crippen molar-refractivity contribution in [2.75, 3.05) is 7.11 Å². The highest BCUT2D eigenvalue weighted by atomic mass is 16.6. The molecule has 2 aliphatic carbocycles. The van der Waals surface area contributed by atoms with Crippen molar-refractivity contribution in [1.82, 2.24) is 0 Å². The molecule has 2 aliphatic rings. The molecule has 7 nitrogen and oxygen atoms in total. The van der Waals surface area contributed by atoms with E-state index in [1.165, 1.54) is 31.4 Å². The van der Waals surface area contributed by atoms with Crippen LogP contribution < -0.4 is 0 Å². The zero-order chi connectivity index (χ0) is 16.6. The van der Waals surface area contributed by atoms with Gasteiger partial charge in [0.05, 0.1) is 17.6 Å². The van der Waals surface area contributed by atoms with Crippen molar-refractivity contribution in [3.8, 4) is 0 Å². The van der Waals surface area contributed by atoms with Gasteiger partial charge in [0.25, 0.3) is 5.69 Å². The number of esters is 2. The van der Waals surface area contributed by atoms with Crippen LogP contribution in [0.25, 0.3) is 0 Å². The Morgan fingerprint density at radius 3 is 2.43 bits per heavy atom. The summed E-state index contributed by atoms with van der Waals surface area (Å²) in [6.45, 7) is 0. The van der Waals surface area contributed by atoms with Crippen LogP contribution in [0, 0.1) is 22.0 Å². The van der Waals surface area contributed by atoms with Crippen molar-refractivity contribution in [2.24, 2.45) is 11.8 Å². The molecule has 1 fully saturated rings. The van der Waals surface area contributed by atoms with Crippen LogP contribution in [0.4, 0.5) is 5.69 Å². The summed E-state index contributed by atoms with van der Waals surface area (Å²) < 4.78 is 10.4. The van der Waals surface area contributed by atoms with E-state index in [0.717, 1.165) is 6.42 Å². The van der Waals surface area contributed by atoms with Gasteiger partial charge in [-0.15, -0.1) is 0 Å². The second-order valence-corrected chi connectivity index (χ2v) is 5.77. The summed E-state index contributed by atoms with van der Waals surface area (Å²) >= 11 is 0. The molecule has 0 aromatic heterocycles. The van der Waals surface area contributed by atoms with Crippen molar-refractivity contribution < 1.29 is 24.0 Å². The van der Waals surface area contributed by atoms with Crippen LogP contribution in [-0.2, 0) is 14.3 Å². The van der Waals surface area contributed by atoms with Gasteiger partial charge in [0.2, 0.25) is 5.60 Å². The summed E-state index contributed by atoms with van der Waals surface area (Å²) in [5.41, 5.74) is -1.26. The summed E-state index contributed by atoms with van der Waals surface area (Å²) in [5, 5.41) is 10.6. The molecular weight excluding hydrogens is 302 g/mol. The molecule has 1 aromatic rings. The summed E-state index contributed by atoms with van der Waals surface area (Å²) in [7, 11) is 1.26. The lowest BCUT2D eigenvalue weighted by Gasteiger charge is -2.32. The summed E-state index contributed by atoms with van der Waals surface area (Å²) in [6.07, 6.45) is 5.06. The van der Waals surface area contributed by atoms with Gasteiger partial charge in [-0.1, -0.05) is 12.2 Å². The Morgan fingerprint density at radius 2 is 1.96 bits per heavy atom. The van der Waals surface area contributed by atoms with E-state index < -0.39 is 22.5 Å². The standard InChI is InChI=1S/C16H15NO6/c1-22-15(19)16(9-10-2-5-12(16)8-10)23-14(18)11-3-6-13(7-4-11)17(20)21/h2-7,10,12H,8-9H2,1H3/t10-,12+,16+/m0/s1. The van der Waals surface area contributed by atoms with Crippen LogP contribution in [0.3, 0.4) is 0 Å². The molecule has 0 radical (unpaired) electrons. The predicted octanol–water partition coefficient (Wildman–Crippen LogP) is 2.26. The molecular formula is C16H15NO6. The molecule has 0 unspecified atom stereocenters. The Labute approximate surface area is 132 Å². The van der Waals surface area contributed by atoms with Gasteiger partial charge in [-0.05, 0) is 24.5 Å². The number of benzene rings is 1. The van der Waals surface area contributed by atoms with Gasteiger partial charge in [0.1, 0.15) is 0 Å². The van der Waals surface area contributed by atoms with Gasteiger partial charge in [0, 0.05) is 24.5 Å². The number of carbonyl (C=O) groups is 2. The smallest absolute Gasteiger partial charge is 0.351 e. The van der Waals surface area contributed by atoms with E-state index in [1.807, 2.05) is 12.2 Å². The molecule has 7 heteroatoms. The molecule has 0 saturated heterocycles. The number of allylic oxidation sites excluding steroid dienone is 1. The molecule has 0 spiro atoms. The number of nitro groups is 1. The minimum atomic E-state index is -1.30. The first-order valence-electron chi connectivity index (χ1n) is 7.21. The third-order valence-electron chi connectivity index (χ3n) is 4.46. The molecule has 2 bridgehead atoms. The van der Waals surface area contributed by atoms with Gasteiger partial charge in [-0.25, -0.2) is 9.59 Å². The first-order chi connectivity index (χ1) is 11.0. The van der Waals surface area contributed by atoms with Gasteiger partial charge < -0.3 is 9.47 Å². The Balaban J connectivity index is 1.83. The normalized spacial score (nSPS) is 27.7. The van der Waals surface area contributed by atoms with Crippen LogP contribution in [0.1, 0.15) is 23.2 Å². The fourth-order valence-corrected chi connectivity index (χ4v) is 3.32. The van der Waals surface area contributed by atoms with E-state index in [1.54, 1.807) is 0 Å². The van der Waals surface area contributed by atoms with Crippen LogP contribution >= 0.6 is 0 Å². The van der Waals surface area contributed by atoms with E-state index in [2.05, 4.69) is 0 Å². The van der Waals surface area contributed by atoms with E-state index in [-0.39, 0.29) is 23.1 Å². The highest BCUT2D eigenvalue weighted by Crippen LogP contribution is 2.49. The molecule has 120 valence electrons. The van der Waals surface area contributed by atoms with Crippen LogP contribution in [-0.4, -0.2) is 29.6 Å². The molecule has 3 rings (SSSR count). The first kappa shape index (κ1) is 15.2. The molecule has 0 N–H and O–H groups in total. The number of carbonyl (C=O) groups excluding carboxylic acids is 2. The molecule has 1 aromatic carbocycles. The number of fused-ring (bicyclic) bond motifs is 2. The lowest BCUT2D eigenvalue weighted by Crippen LogP contribution is -2.47. The van der Waals surface area contributed by atoms with Gasteiger partial charge >= 0.3 is 11.9 Å². The Bertz CT molecular complexity index is 695. The van der Waals surface area contributed by atoms with Crippen molar-refractivity contribution in [1.29, 1.82) is 0 Å². The largest absolute Gasteiger partial charge is 0.466 e. The number of ether oxygens (including phenoxy) is 2. The lowest BCUT2D eigenvalue weighted by atomic mass is 9.88. The van der Waals surface area contributed by atoms with Crippen molar-refractivity contribution in [2.45, 2.75) is 18.4 Å². The third-order valence-corrected chi connectivity index (χ3v) is 4.46. The SMILES string of the molecule is COC(=O)[C@@]1(OC(=O)c2ccc([N+](=O)[O-])cc2)C[C@H]2C=C[C@@H]1C2. The minimum Gasteiger partial charge on any atom is -0.466 e. The minimum absolute atomic E-state index is 0.118. The second-order valence-electron chi connectivity index (χ2n) is 5.77. The van der Waals surface area contributed by atoms with Crippen LogP contribution in [0.2, 0.25) is 0 Å². The van der Waals surface area contributed by atoms with Gasteiger partial charge in [-0.2, -0.15) is 0 Å². The summed E-state index contributed by atoms with van der Waals surface area (Å²) in [5.74, 6) is -1.25. The molecule has 3 atom stereocenters. The first-order valence-corrected chi connectivity index (χ1v) is 7.21. The fourth-order valence-electron chi connectivity index (χ4n) is 3.32. The van der Waals surface area contributed by atoms with E-state index >= 15 is 0 Å². The summed E-state index contributed by atoms with van der Waals surface area (Å²) in [6, 6.07) is 5.08. The maximum absolute atomic E-state index is 12.4. The average molecular weight is 317 g/mol. The van der Waals surface area contributed by atoms with Crippen LogP contribution in [0.15, 0.2) is 36.4 Å². The average Bonchev–Trinajstić information content (AvgIpc) is 3.15. The number of hydrogen-bond donors (Lipinski definition) is 0. The summed E-state index contributed by atoms with van der Waals surface area (Å²) in [4.78, 5) is 34.7.